The maximum absolute atomic E-state index is 6.30. The van der Waals surface area contributed by atoms with Crippen LogP contribution in [-0.4, -0.2) is 59.3 Å². The third-order valence-corrected chi connectivity index (χ3v) is 8.65. The molecule has 0 atom stereocenters. The molecule has 2 heterocycles. The lowest BCUT2D eigenvalue weighted by Crippen LogP contribution is -2.24. The summed E-state index contributed by atoms with van der Waals surface area (Å²) in [5.74, 6) is 2.33. The van der Waals surface area contributed by atoms with Gasteiger partial charge in [-0.25, -0.2) is 9.97 Å². The van der Waals surface area contributed by atoms with Crippen molar-refractivity contribution >= 4 is 33.2 Å². The molecule has 0 aliphatic rings. The van der Waals surface area contributed by atoms with Gasteiger partial charge in [0.1, 0.15) is 13.2 Å². The number of rotatable bonds is 17. The van der Waals surface area contributed by atoms with Crippen LogP contribution >= 0.6 is 0 Å². The number of anilines is 2. The molecule has 0 amide bonds. The van der Waals surface area contributed by atoms with E-state index < -0.39 is 0 Å². The van der Waals surface area contributed by atoms with E-state index in [0.29, 0.717) is 23.4 Å². The molecule has 0 N–H and O–H groups in total. The van der Waals surface area contributed by atoms with Crippen LogP contribution in [0.15, 0.2) is 97.1 Å². The highest BCUT2D eigenvalue weighted by Crippen LogP contribution is 2.30. The molecule has 0 bridgehead atoms. The Bertz CT molecular complexity index is 1820. The molecule has 0 radical (unpaired) electrons. The molecule has 6 aromatic rings. The molecule has 6 rings (SSSR count). The Morgan fingerprint density at radius 3 is 1.16 bits per heavy atom. The number of hydrogen-bond acceptors (Lipinski definition) is 8. The van der Waals surface area contributed by atoms with Crippen molar-refractivity contribution in [3.63, 3.8) is 0 Å². The second-order valence-electron chi connectivity index (χ2n) is 12.5. The molecule has 0 fully saturated rings. The summed E-state index contributed by atoms with van der Waals surface area (Å²) in [6.45, 7) is 13.6. The average Bonchev–Trinajstić information content (AvgIpc) is 3.16. The number of para-hydroxylation sites is 2. The SMILES string of the molecule is CCCN(CCC)c1ccc(-c2nc(OCCOc3nc(-c4ccc(N(CCC)CCC)cc4)nc4ccccc34)c3ccccc3n2)cc1. The lowest BCUT2D eigenvalue weighted by atomic mass is 10.1. The fourth-order valence-electron chi connectivity index (χ4n) is 6.31. The second-order valence-corrected chi connectivity index (χ2v) is 12.5. The zero-order valence-corrected chi connectivity index (χ0v) is 29.8. The van der Waals surface area contributed by atoms with Crippen molar-refractivity contribution in [1.29, 1.82) is 0 Å². The van der Waals surface area contributed by atoms with E-state index in [1.807, 2.05) is 48.5 Å². The Hall–Kier alpha value is -5.24. The quantitative estimate of drug-likeness (QED) is 0.0890. The van der Waals surface area contributed by atoms with Crippen LogP contribution in [0.3, 0.4) is 0 Å². The molecular formula is C42H48N6O2. The van der Waals surface area contributed by atoms with Gasteiger partial charge < -0.3 is 19.3 Å². The van der Waals surface area contributed by atoms with Crippen molar-refractivity contribution in [3.8, 4) is 34.5 Å². The summed E-state index contributed by atoms with van der Waals surface area (Å²) in [5, 5.41) is 1.72. The maximum atomic E-state index is 6.30. The van der Waals surface area contributed by atoms with E-state index in [-0.39, 0.29) is 13.2 Å². The Morgan fingerprint density at radius 1 is 0.440 bits per heavy atom. The third-order valence-electron chi connectivity index (χ3n) is 8.65. The third kappa shape index (κ3) is 8.13. The van der Waals surface area contributed by atoms with Gasteiger partial charge in [0.25, 0.3) is 0 Å². The number of nitrogens with zero attached hydrogens (tertiary/aromatic N) is 6. The highest BCUT2D eigenvalue weighted by Gasteiger charge is 2.14. The number of ether oxygens (including phenoxy) is 2. The van der Waals surface area contributed by atoms with Crippen LogP contribution in [0.5, 0.6) is 11.8 Å². The smallest absolute Gasteiger partial charge is 0.225 e. The van der Waals surface area contributed by atoms with E-state index in [0.717, 1.165) is 84.8 Å². The van der Waals surface area contributed by atoms with Crippen molar-refractivity contribution < 1.29 is 9.47 Å². The fourth-order valence-corrected chi connectivity index (χ4v) is 6.31. The van der Waals surface area contributed by atoms with Crippen LogP contribution in [-0.2, 0) is 0 Å². The zero-order valence-electron chi connectivity index (χ0n) is 29.8. The normalized spacial score (nSPS) is 11.2. The Balaban J connectivity index is 1.19. The predicted molar refractivity (Wildman–Crippen MR) is 207 cm³/mol. The van der Waals surface area contributed by atoms with Gasteiger partial charge >= 0.3 is 0 Å². The molecule has 2 aromatic heterocycles. The van der Waals surface area contributed by atoms with Crippen molar-refractivity contribution in [2.75, 3.05) is 49.2 Å². The molecular weight excluding hydrogens is 621 g/mol. The van der Waals surface area contributed by atoms with Gasteiger partial charge in [-0.3, -0.25) is 0 Å². The van der Waals surface area contributed by atoms with Crippen LogP contribution in [0, 0.1) is 0 Å². The first kappa shape index (κ1) is 34.6. The highest BCUT2D eigenvalue weighted by atomic mass is 16.5. The van der Waals surface area contributed by atoms with Crippen molar-refractivity contribution in [2.45, 2.75) is 53.4 Å². The van der Waals surface area contributed by atoms with Crippen molar-refractivity contribution in [3.05, 3.63) is 97.1 Å². The minimum Gasteiger partial charge on any atom is -0.474 e. The zero-order chi connectivity index (χ0) is 34.7. The molecule has 0 aliphatic carbocycles. The van der Waals surface area contributed by atoms with E-state index in [1.165, 1.54) is 11.4 Å². The summed E-state index contributed by atoms with van der Waals surface area (Å²) < 4.78 is 12.6. The minimum absolute atomic E-state index is 0.287. The maximum Gasteiger partial charge on any atom is 0.225 e. The Morgan fingerprint density at radius 2 is 0.800 bits per heavy atom. The van der Waals surface area contributed by atoms with Gasteiger partial charge in [-0.15, -0.1) is 0 Å². The van der Waals surface area contributed by atoms with Gasteiger partial charge in [0, 0.05) is 48.7 Å². The lowest BCUT2D eigenvalue weighted by molar-refractivity contribution is 0.210. The number of hydrogen-bond donors (Lipinski definition) is 0. The Kier molecular flexibility index (Phi) is 11.7. The van der Waals surface area contributed by atoms with Gasteiger partial charge in [0.15, 0.2) is 11.6 Å². The van der Waals surface area contributed by atoms with Crippen LogP contribution in [0.1, 0.15) is 53.4 Å². The number of aromatic nitrogens is 4. The number of benzene rings is 4. The first-order chi connectivity index (χ1) is 24.6. The van der Waals surface area contributed by atoms with Gasteiger partial charge in [0.2, 0.25) is 11.8 Å². The first-order valence-corrected chi connectivity index (χ1v) is 18.1. The van der Waals surface area contributed by atoms with Crippen LogP contribution in [0.25, 0.3) is 44.6 Å². The molecule has 258 valence electrons. The minimum atomic E-state index is 0.287. The second kappa shape index (κ2) is 16.9. The molecule has 50 heavy (non-hydrogen) atoms. The first-order valence-electron chi connectivity index (χ1n) is 18.1. The van der Waals surface area contributed by atoms with Gasteiger partial charge in [-0.05, 0) is 98.5 Å². The molecule has 0 aliphatic heterocycles. The topological polar surface area (TPSA) is 76.5 Å². The van der Waals surface area contributed by atoms with E-state index >= 15 is 0 Å². The van der Waals surface area contributed by atoms with Crippen LogP contribution < -0.4 is 19.3 Å². The van der Waals surface area contributed by atoms with E-state index in [9.17, 15) is 0 Å². The summed E-state index contributed by atoms with van der Waals surface area (Å²) in [4.78, 5) is 24.4. The number of fused-ring (bicyclic) bond motifs is 2. The average molecular weight is 669 g/mol. The molecule has 0 saturated heterocycles. The molecule has 0 unspecified atom stereocenters. The summed E-state index contributed by atoms with van der Waals surface area (Å²) in [5.41, 5.74) is 6.00. The summed E-state index contributed by atoms with van der Waals surface area (Å²) in [6.07, 6.45) is 4.44. The van der Waals surface area contributed by atoms with E-state index in [1.54, 1.807) is 0 Å². The van der Waals surface area contributed by atoms with E-state index in [4.69, 9.17) is 29.4 Å². The monoisotopic (exact) mass is 668 g/mol. The molecule has 8 nitrogen and oxygen atoms in total. The molecule has 4 aromatic carbocycles. The summed E-state index contributed by atoms with van der Waals surface area (Å²) in [6, 6.07) is 32.9. The molecule has 0 spiro atoms. The van der Waals surface area contributed by atoms with Crippen molar-refractivity contribution in [2.24, 2.45) is 0 Å². The van der Waals surface area contributed by atoms with Crippen LogP contribution in [0.4, 0.5) is 11.4 Å². The largest absolute Gasteiger partial charge is 0.474 e. The molecule has 8 heteroatoms. The van der Waals surface area contributed by atoms with Gasteiger partial charge in [-0.2, -0.15) is 9.97 Å². The van der Waals surface area contributed by atoms with E-state index in [2.05, 4.69) is 86.0 Å². The van der Waals surface area contributed by atoms with Gasteiger partial charge in [-0.1, -0.05) is 52.0 Å². The van der Waals surface area contributed by atoms with Crippen molar-refractivity contribution in [1.82, 2.24) is 19.9 Å². The predicted octanol–water partition coefficient (Wildman–Crippen LogP) is 9.62. The van der Waals surface area contributed by atoms with Crippen LogP contribution in [0.2, 0.25) is 0 Å². The Labute approximate surface area is 296 Å². The highest BCUT2D eigenvalue weighted by molar-refractivity contribution is 5.86. The van der Waals surface area contributed by atoms with Gasteiger partial charge in [0.05, 0.1) is 21.8 Å². The lowest BCUT2D eigenvalue weighted by Gasteiger charge is -2.24. The summed E-state index contributed by atoms with van der Waals surface area (Å²) in [7, 11) is 0. The summed E-state index contributed by atoms with van der Waals surface area (Å²) >= 11 is 0. The standard InChI is InChI=1S/C42H48N6O2/c1-5-25-47(26-6-2)33-21-17-31(18-22-33)39-43-37-15-11-9-13-35(37)41(45-39)49-29-30-50-42-36-14-10-12-16-38(36)44-40(46-42)32-19-23-34(24-20-32)48(27-7-3)28-8-4/h9-24H,5-8,25-30H2,1-4H3. The molecule has 0 saturated carbocycles. The fraction of sp³-hybridized carbons (Fsp3) is 0.333.